The van der Waals surface area contributed by atoms with Gasteiger partial charge < -0.3 is 20.4 Å². The second-order valence-electron chi connectivity index (χ2n) is 8.80. The van der Waals surface area contributed by atoms with Gasteiger partial charge in [0.15, 0.2) is 5.82 Å². The summed E-state index contributed by atoms with van der Waals surface area (Å²) in [6, 6.07) is 10.8. The Morgan fingerprint density at radius 3 is 2.79 bits per heavy atom. The third kappa shape index (κ3) is 3.94. The molecule has 0 saturated carbocycles. The van der Waals surface area contributed by atoms with E-state index in [-0.39, 0.29) is 22.1 Å². The van der Waals surface area contributed by atoms with Crippen LogP contribution in [0.1, 0.15) is 37.0 Å². The second-order valence-corrected chi connectivity index (χ2v) is 9.18. The first kappa shape index (κ1) is 22.8. The van der Waals surface area contributed by atoms with Crippen LogP contribution in [0.15, 0.2) is 47.4 Å². The van der Waals surface area contributed by atoms with Crippen molar-refractivity contribution in [1.82, 2.24) is 14.5 Å². The zero-order valence-electron chi connectivity index (χ0n) is 18.7. The van der Waals surface area contributed by atoms with E-state index in [0.717, 1.165) is 5.56 Å². The van der Waals surface area contributed by atoms with Crippen LogP contribution in [0.3, 0.4) is 0 Å². The van der Waals surface area contributed by atoms with Gasteiger partial charge in [0.25, 0.3) is 0 Å². The van der Waals surface area contributed by atoms with E-state index in [9.17, 15) is 9.82 Å². The molecule has 34 heavy (non-hydrogen) atoms. The van der Waals surface area contributed by atoms with Crippen LogP contribution in [0.25, 0.3) is 28.0 Å². The highest BCUT2D eigenvalue weighted by molar-refractivity contribution is 6.65. The number of fused-ring (bicyclic) bond motifs is 2. The summed E-state index contributed by atoms with van der Waals surface area (Å²) in [5.74, 6) is -0.684. The SMILES string of the molecule is Cc1ccc(-n2cc3cc(-c4cc5c(c(Cl)c4F)B(O)OC5CC[C@H](C)N)[nH]c3nc2=O)cc1. The Balaban J connectivity index is 1.60. The fourth-order valence-electron chi connectivity index (χ4n) is 4.34. The van der Waals surface area contributed by atoms with Crippen LogP contribution in [0.5, 0.6) is 0 Å². The molecule has 7 nitrogen and oxygen atoms in total. The van der Waals surface area contributed by atoms with Gasteiger partial charge in [0.1, 0.15) is 5.65 Å². The second kappa shape index (κ2) is 8.67. The number of aromatic amines is 1. The molecule has 1 unspecified atom stereocenters. The summed E-state index contributed by atoms with van der Waals surface area (Å²) < 4.78 is 22.4. The highest BCUT2D eigenvalue weighted by Gasteiger charge is 2.39. The van der Waals surface area contributed by atoms with E-state index in [0.29, 0.717) is 40.8 Å². The molecule has 2 aromatic carbocycles. The normalized spacial score (nSPS) is 16.3. The fourth-order valence-corrected chi connectivity index (χ4v) is 4.64. The number of rotatable bonds is 5. The van der Waals surface area contributed by atoms with Gasteiger partial charge >= 0.3 is 12.8 Å². The molecule has 0 amide bonds. The Labute approximate surface area is 200 Å². The predicted octanol–water partition coefficient (Wildman–Crippen LogP) is 3.37. The molecule has 0 aliphatic carbocycles. The number of aromatic nitrogens is 3. The molecule has 1 aliphatic rings. The van der Waals surface area contributed by atoms with E-state index in [2.05, 4.69) is 9.97 Å². The van der Waals surface area contributed by atoms with Gasteiger partial charge in [-0.25, -0.2) is 9.18 Å². The van der Waals surface area contributed by atoms with Gasteiger partial charge in [-0.3, -0.25) is 4.57 Å². The number of halogens is 2. The minimum Gasteiger partial charge on any atom is -0.423 e. The molecular formula is C24H23BClFN4O3. The van der Waals surface area contributed by atoms with Crippen LogP contribution < -0.4 is 16.9 Å². The van der Waals surface area contributed by atoms with Crippen LogP contribution in [-0.4, -0.2) is 32.7 Å². The van der Waals surface area contributed by atoms with E-state index < -0.39 is 24.7 Å². The summed E-state index contributed by atoms with van der Waals surface area (Å²) in [6.07, 6.45) is 2.45. The molecule has 174 valence electrons. The van der Waals surface area contributed by atoms with Gasteiger partial charge in [0, 0.05) is 28.7 Å². The van der Waals surface area contributed by atoms with Crippen molar-refractivity contribution in [3.63, 3.8) is 0 Å². The Kier molecular flexibility index (Phi) is 5.81. The van der Waals surface area contributed by atoms with Gasteiger partial charge in [-0.2, -0.15) is 4.98 Å². The van der Waals surface area contributed by atoms with Crippen LogP contribution in [-0.2, 0) is 4.65 Å². The summed E-state index contributed by atoms with van der Waals surface area (Å²) >= 11 is 6.34. The maximum Gasteiger partial charge on any atom is 0.493 e. The van der Waals surface area contributed by atoms with Crippen molar-refractivity contribution in [1.29, 1.82) is 0 Å². The first-order chi connectivity index (χ1) is 16.2. The Bertz CT molecular complexity index is 1450. The number of nitrogens with zero attached hydrogens (tertiary/aromatic N) is 2. The summed E-state index contributed by atoms with van der Waals surface area (Å²) in [5, 5.41) is 10.8. The zero-order valence-corrected chi connectivity index (χ0v) is 19.4. The summed E-state index contributed by atoms with van der Waals surface area (Å²) in [7, 11) is -1.30. The average Bonchev–Trinajstić information content (AvgIpc) is 3.34. The quantitative estimate of drug-likeness (QED) is 0.380. The number of hydrogen-bond acceptors (Lipinski definition) is 5. The minimum atomic E-state index is -1.30. The lowest BCUT2D eigenvalue weighted by Gasteiger charge is -2.15. The van der Waals surface area contributed by atoms with E-state index in [4.69, 9.17) is 22.0 Å². The standard InChI is InChI=1S/C24H23BClFN4O3/c1-12-3-6-15(7-4-12)31-11-14-9-18(29-23(14)30-24(31)32)16-10-17-19(8-5-13(2)28)34-25(33)20(17)21(26)22(16)27/h3-4,6-7,9-11,13,19,33H,5,8,28H2,1-2H3,(H,29,30,32)/t13-,19?/m0/s1. The predicted molar refractivity (Wildman–Crippen MR) is 131 cm³/mol. The van der Waals surface area contributed by atoms with Crippen molar-refractivity contribution in [2.45, 2.75) is 38.8 Å². The molecule has 3 heterocycles. The molecule has 0 bridgehead atoms. The lowest BCUT2D eigenvalue weighted by molar-refractivity contribution is 0.176. The van der Waals surface area contributed by atoms with Crippen molar-refractivity contribution in [2.24, 2.45) is 5.73 Å². The molecule has 10 heteroatoms. The van der Waals surface area contributed by atoms with E-state index >= 15 is 4.39 Å². The molecule has 4 aromatic rings. The van der Waals surface area contributed by atoms with E-state index in [1.54, 1.807) is 18.3 Å². The smallest absolute Gasteiger partial charge is 0.423 e. The molecule has 0 saturated heterocycles. The lowest BCUT2D eigenvalue weighted by Crippen LogP contribution is -2.30. The van der Waals surface area contributed by atoms with Crippen LogP contribution >= 0.6 is 11.6 Å². The highest BCUT2D eigenvalue weighted by Crippen LogP contribution is 2.37. The molecule has 0 fully saturated rings. The Morgan fingerprint density at radius 2 is 2.09 bits per heavy atom. The molecule has 2 atom stereocenters. The minimum absolute atomic E-state index is 0.0403. The average molecular weight is 481 g/mol. The topological polar surface area (TPSA) is 106 Å². The molecular weight excluding hydrogens is 458 g/mol. The van der Waals surface area contributed by atoms with Crippen molar-refractivity contribution in [3.05, 3.63) is 75.0 Å². The summed E-state index contributed by atoms with van der Waals surface area (Å²) in [5.41, 5.74) is 9.01. The lowest BCUT2D eigenvalue weighted by atomic mass is 9.78. The van der Waals surface area contributed by atoms with Gasteiger partial charge in [-0.15, -0.1) is 0 Å². The molecule has 0 radical (unpaired) electrons. The number of aryl methyl sites for hydroxylation is 1. The molecule has 4 N–H and O–H groups in total. The van der Waals surface area contributed by atoms with E-state index in [1.807, 2.05) is 38.1 Å². The number of nitrogens with one attached hydrogen (secondary N) is 1. The number of hydrogen-bond donors (Lipinski definition) is 3. The van der Waals surface area contributed by atoms with Gasteiger partial charge in [0.05, 0.1) is 22.5 Å². The Morgan fingerprint density at radius 1 is 1.35 bits per heavy atom. The first-order valence-electron chi connectivity index (χ1n) is 11.0. The van der Waals surface area contributed by atoms with Gasteiger partial charge in [0.2, 0.25) is 0 Å². The zero-order chi connectivity index (χ0) is 24.1. The molecule has 2 aromatic heterocycles. The molecule has 5 rings (SSSR count). The third-order valence-corrected chi connectivity index (χ3v) is 6.53. The van der Waals surface area contributed by atoms with Crippen molar-refractivity contribution in [3.8, 4) is 16.9 Å². The monoisotopic (exact) mass is 480 g/mol. The summed E-state index contributed by atoms with van der Waals surface area (Å²) in [4.78, 5) is 19.8. The van der Waals surface area contributed by atoms with Crippen molar-refractivity contribution in [2.75, 3.05) is 0 Å². The van der Waals surface area contributed by atoms with Crippen molar-refractivity contribution >= 4 is 35.2 Å². The van der Waals surface area contributed by atoms with Crippen LogP contribution in [0.2, 0.25) is 5.02 Å². The maximum atomic E-state index is 15.3. The number of nitrogens with two attached hydrogens (primary N) is 1. The van der Waals surface area contributed by atoms with E-state index in [1.165, 1.54) is 4.57 Å². The molecule has 1 aliphatic heterocycles. The van der Waals surface area contributed by atoms with Gasteiger partial charge in [-0.05, 0) is 56.5 Å². The molecule has 0 spiro atoms. The number of H-pyrrole nitrogens is 1. The van der Waals surface area contributed by atoms with Crippen LogP contribution in [0.4, 0.5) is 4.39 Å². The highest BCUT2D eigenvalue weighted by atomic mass is 35.5. The largest absolute Gasteiger partial charge is 0.493 e. The third-order valence-electron chi connectivity index (χ3n) is 6.16. The fraction of sp³-hybridized carbons (Fsp3) is 0.250. The van der Waals surface area contributed by atoms with Gasteiger partial charge in [-0.1, -0.05) is 29.3 Å². The summed E-state index contributed by atoms with van der Waals surface area (Å²) in [6.45, 7) is 3.86. The maximum absolute atomic E-state index is 15.3. The number of benzene rings is 2. The first-order valence-corrected chi connectivity index (χ1v) is 11.4. The van der Waals surface area contributed by atoms with Crippen LogP contribution in [0, 0.1) is 12.7 Å². The Hall–Kier alpha value is -2.98. The van der Waals surface area contributed by atoms with Crippen molar-refractivity contribution < 1.29 is 14.1 Å².